The minimum absolute atomic E-state index is 0. The quantitative estimate of drug-likeness (QED) is 0.190. The molecule has 0 saturated carbocycles. The average Bonchev–Trinajstić information content (AvgIpc) is 2.91. The van der Waals surface area contributed by atoms with Crippen molar-refractivity contribution in [1.82, 2.24) is 0 Å². The van der Waals surface area contributed by atoms with Crippen LogP contribution in [0.5, 0.6) is 0 Å². The Morgan fingerprint density at radius 1 is 0.341 bits per heavy atom. The molecule has 4 aromatic rings. The van der Waals surface area contributed by atoms with Crippen LogP contribution in [0.1, 0.15) is 63.7 Å². The average molecular weight is 592 g/mol. The van der Waals surface area contributed by atoms with Gasteiger partial charge in [-0.3, -0.25) is 0 Å². The fourth-order valence-corrected chi connectivity index (χ4v) is 2.78. The van der Waals surface area contributed by atoms with E-state index in [0.717, 1.165) is 22.3 Å². The van der Waals surface area contributed by atoms with Crippen LogP contribution in [0.25, 0.3) is 0 Å². The zero-order chi connectivity index (χ0) is 30.2. The van der Waals surface area contributed by atoms with Crippen LogP contribution in [0.2, 0.25) is 0 Å². The first-order valence-electron chi connectivity index (χ1n) is 12.0. The van der Waals surface area contributed by atoms with Crippen molar-refractivity contribution in [1.29, 1.82) is 0 Å². The molecule has 4 rings (SSSR count). The van der Waals surface area contributed by atoms with Crippen LogP contribution in [-0.4, -0.2) is 44.3 Å². The third-order valence-corrected chi connectivity index (χ3v) is 5.19. The number of carboxylic acids is 4. The third kappa shape index (κ3) is 15.0. The number of benzene rings is 4. The van der Waals surface area contributed by atoms with E-state index in [1.54, 1.807) is 97.1 Å². The van der Waals surface area contributed by atoms with Gasteiger partial charge in [0.1, 0.15) is 0 Å². The van der Waals surface area contributed by atoms with Crippen molar-refractivity contribution in [2.75, 3.05) is 0 Å². The summed E-state index contributed by atoms with van der Waals surface area (Å²) in [6.07, 6.45) is 0. The van der Waals surface area contributed by atoms with Crippen molar-refractivity contribution in [3.8, 4) is 0 Å². The fourth-order valence-electron chi connectivity index (χ4n) is 2.78. The van der Waals surface area contributed by atoms with Crippen LogP contribution in [0.15, 0.2) is 97.1 Å². The second-order valence-corrected chi connectivity index (χ2v) is 8.68. The van der Waals surface area contributed by atoms with E-state index in [-0.39, 0.29) is 21.7 Å². The molecule has 212 valence electrons. The van der Waals surface area contributed by atoms with Gasteiger partial charge in [0.15, 0.2) is 0 Å². The maximum atomic E-state index is 10.3. The van der Waals surface area contributed by atoms with Crippen LogP contribution in [0.4, 0.5) is 0 Å². The summed E-state index contributed by atoms with van der Waals surface area (Å²) in [6, 6.07) is 27.0. The summed E-state index contributed by atoms with van der Waals surface area (Å²) < 4.78 is 0. The fraction of sp³-hybridized carbons (Fsp3) is 0.125. The van der Waals surface area contributed by atoms with Gasteiger partial charge in [-0.05, 0) is 76.2 Å². The molecule has 0 aromatic heterocycles. The predicted molar refractivity (Wildman–Crippen MR) is 153 cm³/mol. The number of carboxylic acid groups (broad SMARTS) is 4. The van der Waals surface area contributed by atoms with Gasteiger partial charge in [-0.1, -0.05) is 70.8 Å². The van der Waals surface area contributed by atoms with E-state index in [9.17, 15) is 19.2 Å². The number of aromatic carboxylic acids is 4. The summed E-state index contributed by atoms with van der Waals surface area (Å²) in [4.78, 5) is 41.2. The van der Waals surface area contributed by atoms with E-state index in [4.69, 9.17) is 20.4 Å². The Hall–Kier alpha value is -4.53. The maximum Gasteiger partial charge on any atom is 0.335 e. The first-order valence-corrected chi connectivity index (χ1v) is 12.0. The largest absolute Gasteiger partial charge is 0.478 e. The Kier molecular flexibility index (Phi) is 16.6. The van der Waals surface area contributed by atoms with Gasteiger partial charge in [0.05, 0.1) is 22.3 Å². The Balaban J connectivity index is 0.000000516. The second-order valence-electron chi connectivity index (χ2n) is 8.68. The molecule has 0 amide bonds. The molecule has 8 nitrogen and oxygen atoms in total. The zero-order valence-corrected chi connectivity index (χ0v) is 24.7. The molecular formula is C32H32O8Ti. The number of hydrogen-bond acceptors (Lipinski definition) is 4. The Bertz CT molecular complexity index is 1170. The summed E-state index contributed by atoms with van der Waals surface area (Å²) in [6.45, 7) is 7.69. The second kappa shape index (κ2) is 18.7. The molecule has 4 N–H and O–H groups in total. The summed E-state index contributed by atoms with van der Waals surface area (Å²) in [5.41, 5.74) is 5.65. The molecule has 0 aliphatic carbocycles. The molecule has 0 unspecified atom stereocenters. The van der Waals surface area contributed by atoms with E-state index >= 15 is 0 Å². The number of aryl methyl sites for hydroxylation is 4. The van der Waals surface area contributed by atoms with E-state index in [2.05, 4.69) is 0 Å². The van der Waals surface area contributed by atoms with Crippen molar-refractivity contribution in [2.45, 2.75) is 27.7 Å². The SMILES string of the molecule is Cc1ccc(C(=O)O)cc1.Cc1ccc(C(=O)O)cc1.Cc1ccc(C(=O)O)cc1.Cc1ccc(C(=O)O)cc1.[Ti]. The summed E-state index contributed by atoms with van der Waals surface area (Å²) in [5.74, 6) is -3.50. The topological polar surface area (TPSA) is 149 Å². The molecular weight excluding hydrogens is 560 g/mol. The van der Waals surface area contributed by atoms with Crippen molar-refractivity contribution in [3.05, 3.63) is 142 Å². The van der Waals surface area contributed by atoms with E-state index in [0.29, 0.717) is 22.3 Å². The standard InChI is InChI=1S/4C8H8O2.Ti/c4*1-6-2-4-7(5-3-6)8(9)10;/h4*2-5H,1H3,(H,9,10);. The van der Waals surface area contributed by atoms with Gasteiger partial charge in [0.25, 0.3) is 0 Å². The van der Waals surface area contributed by atoms with Crippen molar-refractivity contribution in [3.63, 3.8) is 0 Å². The molecule has 0 heterocycles. The molecule has 41 heavy (non-hydrogen) atoms. The Morgan fingerprint density at radius 3 is 0.561 bits per heavy atom. The maximum absolute atomic E-state index is 10.3. The monoisotopic (exact) mass is 592 g/mol. The predicted octanol–water partition coefficient (Wildman–Crippen LogP) is 6.77. The summed E-state index contributed by atoms with van der Waals surface area (Å²) in [5, 5.41) is 33.9. The molecule has 9 heteroatoms. The minimum Gasteiger partial charge on any atom is -0.478 e. The van der Waals surface area contributed by atoms with Crippen molar-refractivity contribution in [2.24, 2.45) is 0 Å². The molecule has 0 fully saturated rings. The normalized spacial score (nSPS) is 9.07. The van der Waals surface area contributed by atoms with E-state index < -0.39 is 23.9 Å². The van der Waals surface area contributed by atoms with Crippen molar-refractivity contribution < 1.29 is 61.3 Å². The van der Waals surface area contributed by atoms with Gasteiger partial charge in [-0.15, -0.1) is 0 Å². The van der Waals surface area contributed by atoms with Crippen LogP contribution < -0.4 is 0 Å². The molecule has 0 spiro atoms. The number of rotatable bonds is 4. The molecule has 0 aliphatic rings. The zero-order valence-electron chi connectivity index (χ0n) is 23.2. The molecule has 0 atom stereocenters. The van der Waals surface area contributed by atoms with Crippen LogP contribution in [0, 0.1) is 27.7 Å². The molecule has 0 aliphatic heterocycles. The van der Waals surface area contributed by atoms with Crippen LogP contribution in [0.3, 0.4) is 0 Å². The van der Waals surface area contributed by atoms with E-state index in [1.165, 1.54) is 0 Å². The van der Waals surface area contributed by atoms with Crippen LogP contribution in [-0.2, 0) is 21.7 Å². The first kappa shape index (κ1) is 36.5. The summed E-state index contributed by atoms with van der Waals surface area (Å²) >= 11 is 0. The van der Waals surface area contributed by atoms with Gasteiger partial charge in [-0.25, -0.2) is 19.2 Å². The Morgan fingerprint density at radius 2 is 0.463 bits per heavy atom. The van der Waals surface area contributed by atoms with Gasteiger partial charge in [0, 0.05) is 21.7 Å². The Labute approximate surface area is 253 Å². The minimum atomic E-state index is -0.875. The van der Waals surface area contributed by atoms with Crippen LogP contribution >= 0.6 is 0 Å². The smallest absolute Gasteiger partial charge is 0.335 e. The van der Waals surface area contributed by atoms with E-state index in [1.807, 2.05) is 27.7 Å². The van der Waals surface area contributed by atoms with Crippen molar-refractivity contribution >= 4 is 23.9 Å². The van der Waals surface area contributed by atoms with Gasteiger partial charge in [-0.2, -0.15) is 0 Å². The molecule has 0 saturated heterocycles. The van der Waals surface area contributed by atoms with Gasteiger partial charge < -0.3 is 20.4 Å². The first-order chi connectivity index (χ1) is 18.8. The van der Waals surface area contributed by atoms with Gasteiger partial charge in [0.2, 0.25) is 0 Å². The third-order valence-electron chi connectivity index (χ3n) is 5.19. The molecule has 0 radical (unpaired) electrons. The molecule has 4 aromatic carbocycles. The molecule has 0 bridgehead atoms. The number of carbonyl (C=O) groups is 4. The van der Waals surface area contributed by atoms with Gasteiger partial charge >= 0.3 is 23.9 Å². The number of hydrogen-bond donors (Lipinski definition) is 4. The summed E-state index contributed by atoms with van der Waals surface area (Å²) in [7, 11) is 0.